The SMILES string of the molecule is CC/C=C\C/C=C\C/C=C\CCCCCCCCCC(=O)OC(COCCCCCCCC/C=C\C/C=C\CCCCC)COC(=O)CCCCCCCC/C=C\C/C=C\C/C=C\CCCCC. The van der Waals surface area contributed by atoms with Gasteiger partial charge in [0.15, 0.2) is 6.10 Å². The van der Waals surface area contributed by atoms with E-state index in [4.69, 9.17) is 14.2 Å². The second-order valence-electron chi connectivity index (χ2n) is 18.8. The minimum Gasteiger partial charge on any atom is -0.462 e. The lowest BCUT2D eigenvalue weighted by Crippen LogP contribution is -2.30. The van der Waals surface area contributed by atoms with E-state index in [-0.39, 0.29) is 25.2 Å². The first kappa shape index (κ1) is 64.8. The van der Waals surface area contributed by atoms with Gasteiger partial charge in [0.05, 0.1) is 6.61 Å². The first-order valence-corrected chi connectivity index (χ1v) is 28.8. The lowest BCUT2D eigenvalue weighted by Gasteiger charge is -2.18. The molecule has 0 heterocycles. The van der Waals surface area contributed by atoms with Gasteiger partial charge in [-0.2, -0.15) is 0 Å². The molecule has 0 bridgehead atoms. The monoisotopic (exact) mass is 945 g/mol. The van der Waals surface area contributed by atoms with Crippen LogP contribution < -0.4 is 0 Å². The van der Waals surface area contributed by atoms with Gasteiger partial charge in [-0.25, -0.2) is 0 Å². The Labute approximate surface area is 422 Å². The summed E-state index contributed by atoms with van der Waals surface area (Å²) in [5.74, 6) is -0.427. The third-order valence-corrected chi connectivity index (χ3v) is 12.1. The molecule has 0 aromatic rings. The lowest BCUT2D eigenvalue weighted by molar-refractivity contribution is -0.163. The van der Waals surface area contributed by atoms with Gasteiger partial charge in [-0.05, 0) is 122 Å². The fourth-order valence-electron chi connectivity index (χ4n) is 7.80. The van der Waals surface area contributed by atoms with Crippen LogP contribution in [0.15, 0.2) is 97.2 Å². The summed E-state index contributed by atoms with van der Waals surface area (Å²) in [6.07, 6.45) is 78.5. The van der Waals surface area contributed by atoms with Crippen LogP contribution in [0.3, 0.4) is 0 Å². The topological polar surface area (TPSA) is 61.8 Å². The normalized spacial score (nSPS) is 12.9. The molecule has 0 aliphatic rings. The maximum atomic E-state index is 12.9. The summed E-state index contributed by atoms with van der Waals surface area (Å²) in [5.41, 5.74) is 0. The Morgan fingerprint density at radius 2 is 0.662 bits per heavy atom. The number of unbranched alkanes of at least 4 members (excludes halogenated alkanes) is 25. The minimum atomic E-state index is -0.559. The van der Waals surface area contributed by atoms with Crippen molar-refractivity contribution in [2.75, 3.05) is 19.8 Å². The van der Waals surface area contributed by atoms with E-state index in [1.165, 1.54) is 128 Å². The molecule has 0 radical (unpaired) electrons. The van der Waals surface area contributed by atoms with Gasteiger partial charge >= 0.3 is 11.9 Å². The van der Waals surface area contributed by atoms with E-state index in [0.717, 1.165) is 103 Å². The maximum Gasteiger partial charge on any atom is 0.306 e. The fourth-order valence-corrected chi connectivity index (χ4v) is 7.80. The summed E-state index contributed by atoms with van der Waals surface area (Å²) in [6.45, 7) is 7.63. The van der Waals surface area contributed by atoms with Crippen molar-refractivity contribution in [3.63, 3.8) is 0 Å². The van der Waals surface area contributed by atoms with E-state index in [0.29, 0.717) is 19.4 Å². The predicted octanol–water partition coefficient (Wildman–Crippen LogP) is 19.8. The van der Waals surface area contributed by atoms with E-state index >= 15 is 0 Å². The van der Waals surface area contributed by atoms with E-state index in [2.05, 4.69) is 118 Å². The number of carbonyl (C=O) groups excluding carboxylic acids is 2. The van der Waals surface area contributed by atoms with Crippen LogP contribution in [0.1, 0.15) is 265 Å². The molecule has 5 nitrogen and oxygen atoms in total. The van der Waals surface area contributed by atoms with Crippen LogP contribution in [-0.4, -0.2) is 37.9 Å². The predicted molar refractivity (Wildman–Crippen MR) is 297 cm³/mol. The summed E-state index contributed by atoms with van der Waals surface area (Å²) in [7, 11) is 0. The van der Waals surface area contributed by atoms with Crippen LogP contribution in [0, 0.1) is 0 Å². The average Bonchev–Trinajstić information content (AvgIpc) is 3.34. The summed E-state index contributed by atoms with van der Waals surface area (Å²) < 4.78 is 17.5. The van der Waals surface area contributed by atoms with Crippen LogP contribution >= 0.6 is 0 Å². The highest BCUT2D eigenvalue weighted by molar-refractivity contribution is 5.70. The van der Waals surface area contributed by atoms with Crippen molar-refractivity contribution in [1.29, 1.82) is 0 Å². The van der Waals surface area contributed by atoms with Gasteiger partial charge in [0.2, 0.25) is 0 Å². The molecule has 0 aliphatic heterocycles. The Bertz CT molecular complexity index is 1300. The first-order chi connectivity index (χ1) is 33.6. The number of rotatable bonds is 52. The largest absolute Gasteiger partial charge is 0.462 e. The Morgan fingerprint density at radius 3 is 1.06 bits per heavy atom. The molecule has 68 heavy (non-hydrogen) atoms. The summed E-state index contributed by atoms with van der Waals surface area (Å²) in [5, 5.41) is 0. The molecule has 0 aliphatic carbocycles. The van der Waals surface area contributed by atoms with Crippen molar-refractivity contribution in [1.82, 2.24) is 0 Å². The van der Waals surface area contributed by atoms with Gasteiger partial charge < -0.3 is 14.2 Å². The van der Waals surface area contributed by atoms with Crippen LogP contribution in [0.4, 0.5) is 0 Å². The van der Waals surface area contributed by atoms with Crippen LogP contribution in [0.5, 0.6) is 0 Å². The molecule has 390 valence electrons. The molecular formula is C63H108O5. The Kier molecular flexibility index (Phi) is 55.4. The van der Waals surface area contributed by atoms with Crippen molar-refractivity contribution >= 4 is 11.9 Å². The van der Waals surface area contributed by atoms with Crippen LogP contribution in [0.2, 0.25) is 0 Å². The van der Waals surface area contributed by atoms with E-state index in [9.17, 15) is 9.59 Å². The number of allylic oxidation sites excluding steroid dienone is 16. The minimum absolute atomic E-state index is 0.0658. The molecule has 0 spiro atoms. The van der Waals surface area contributed by atoms with Crippen LogP contribution in [0.25, 0.3) is 0 Å². The highest BCUT2D eigenvalue weighted by atomic mass is 16.6. The molecule has 0 aromatic carbocycles. The van der Waals surface area contributed by atoms with E-state index in [1.54, 1.807) is 0 Å². The molecule has 0 N–H and O–H groups in total. The molecule has 0 fully saturated rings. The molecule has 0 aromatic heterocycles. The number of esters is 2. The zero-order chi connectivity index (χ0) is 49.2. The number of carbonyl (C=O) groups is 2. The lowest BCUT2D eigenvalue weighted by atomic mass is 10.1. The Balaban J connectivity index is 4.34. The maximum absolute atomic E-state index is 12.9. The Morgan fingerprint density at radius 1 is 0.338 bits per heavy atom. The fraction of sp³-hybridized carbons (Fsp3) is 0.714. The standard InChI is InChI=1S/C63H108O5/c1-4-7-10-13-16-19-22-25-28-31-32-34-35-38-41-44-47-50-53-56-62(64)67-60-61(59-66-58-55-52-49-46-43-40-37-30-27-24-21-18-15-12-9-6-3)68-63(65)57-54-51-48-45-42-39-36-33-29-26-23-20-17-14-11-8-5-2/h8,11,16-21,25-30,32,34,61H,4-7,9-10,12-15,22-24,31,33,35-60H2,1-3H3/b11-8-,19-16-,20-17-,21-18-,28-25-,29-26-,30-27-,34-32-. The molecule has 0 rings (SSSR count). The number of hydrogen-bond acceptors (Lipinski definition) is 5. The van der Waals surface area contributed by atoms with Crippen molar-refractivity contribution in [3.05, 3.63) is 97.2 Å². The zero-order valence-electron chi connectivity index (χ0n) is 44.8. The van der Waals surface area contributed by atoms with E-state index in [1.807, 2.05) is 0 Å². The second kappa shape index (κ2) is 58.1. The highest BCUT2D eigenvalue weighted by Crippen LogP contribution is 2.14. The molecule has 0 saturated carbocycles. The van der Waals surface area contributed by atoms with Gasteiger partial charge in [0.1, 0.15) is 6.61 Å². The van der Waals surface area contributed by atoms with Gasteiger partial charge in [0, 0.05) is 19.4 Å². The molecule has 1 unspecified atom stereocenters. The Hall–Kier alpha value is -3.18. The third-order valence-electron chi connectivity index (χ3n) is 12.1. The van der Waals surface area contributed by atoms with Gasteiger partial charge in [-0.1, -0.05) is 227 Å². The van der Waals surface area contributed by atoms with Crippen molar-refractivity contribution in [2.24, 2.45) is 0 Å². The molecule has 1 atom stereocenters. The quantitative estimate of drug-likeness (QED) is 0.0345. The second-order valence-corrected chi connectivity index (χ2v) is 18.8. The number of hydrogen-bond donors (Lipinski definition) is 0. The van der Waals surface area contributed by atoms with Crippen molar-refractivity contribution < 1.29 is 23.8 Å². The number of ether oxygens (including phenoxy) is 3. The first-order valence-electron chi connectivity index (χ1n) is 28.8. The smallest absolute Gasteiger partial charge is 0.306 e. The summed E-state index contributed by atoms with van der Waals surface area (Å²) >= 11 is 0. The van der Waals surface area contributed by atoms with Gasteiger partial charge in [-0.15, -0.1) is 0 Å². The van der Waals surface area contributed by atoms with Gasteiger partial charge in [0.25, 0.3) is 0 Å². The molecule has 5 heteroatoms. The van der Waals surface area contributed by atoms with Crippen molar-refractivity contribution in [2.45, 2.75) is 271 Å². The third kappa shape index (κ3) is 55.4. The summed E-state index contributed by atoms with van der Waals surface area (Å²) in [4.78, 5) is 25.5. The van der Waals surface area contributed by atoms with Gasteiger partial charge in [-0.3, -0.25) is 9.59 Å². The highest BCUT2D eigenvalue weighted by Gasteiger charge is 2.17. The zero-order valence-corrected chi connectivity index (χ0v) is 44.8. The van der Waals surface area contributed by atoms with Crippen LogP contribution in [-0.2, 0) is 23.8 Å². The molecular weight excluding hydrogens is 837 g/mol. The van der Waals surface area contributed by atoms with E-state index < -0.39 is 6.10 Å². The summed E-state index contributed by atoms with van der Waals surface area (Å²) in [6, 6.07) is 0. The van der Waals surface area contributed by atoms with Crippen molar-refractivity contribution in [3.8, 4) is 0 Å². The molecule has 0 saturated heterocycles. The molecule has 0 amide bonds. The average molecular weight is 946 g/mol.